The minimum Gasteiger partial charge on any atom is -0.495 e. The van der Waals surface area contributed by atoms with Crippen molar-refractivity contribution < 1.29 is 23.1 Å². The zero-order valence-corrected chi connectivity index (χ0v) is 16.9. The van der Waals surface area contributed by atoms with Crippen LogP contribution in [0, 0.1) is 11.6 Å². The Kier molecular flexibility index (Phi) is 5.44. The highest BCUT2D eigenvalue weighted by molar-refractivity contribution is 6.46. The number of carbonyl (C=O) groups is 2. The summed E-state index contributed by atoms with van der Waals surface area (Å²) in [7, 11) is 1.47. The summed E-state index contributed by atoms with van der Waals surface area (Å²) in [6.07, 6.45) is 0. The summed E-state index contributed by atoms with van der Waals surface area (Å²) >= 11 is 5.95. The topological polar surface area (TPSA) is 58.6 Å². The van der Waals surface area contributed by atoms with Crippen LogP contribution in [0.1, 0.15) is 5.56 Å². The highest BCUT2D eigenvalue weighted by Gasteiger charge is 2.41. The number of methoxy groups -OCH3 is 1. The average Bonchev–Trinajstić information content (AvgIpc) is 2.99. The standard InChI is InChI=1S/C23H15ClF2N2O3/c1-31-19-5-3-2-4-17(19)27-21-20(13-6-8-14(24)9-7-13)22(29)28(23(21)30)18-11-10-15(25)12-16(18)26/h2-12,27H,1H3. The Morgan fingerprint density at radius 3 is 2.32 bits per heavy atom. The van der Waals surface area contributed by atoms with E-state index in [4.69, 9.17) is 16.3 Å². The van der Waals surface area contributed by atoms with Crippen molar-refractivity contribution in [3.63, 3.8) is 0 Å². The van der Waals surface area contributed by atoms with Crippen LogP contribution in [-0.4, -0.2) is 18.9 Å². The van der Waals surface area contributed by atoms with Gasteiger partial charge in [0.05, 0.1) is 24.1 Å². The largest absolute Gasteiger partial charge is 0.495 e. The van der Waals surface area contributed by atoms with Gasteiger partial charge in [-0.05, 0) is 42.0 Å². The maximum Gasteiger partial charge on any atom is 0.282 e. The lowest BCUT2D eigenvalue weighted by molar-refractivity contribution is -0.120. The van der Waals surface area contributed by atoms with Gasteiger partial charge >= 0.3 is 0 Å². The van der Waals surface area contributed by atoms with E-state index in [0.29, 0.717) is 33.0 Å². The molecular weight excluding hydrogens is 426 g/mol. The molecule has 2 amide bonds. The SMILES string of the molecule is COc1ccccc1NC1=C(c2ccc(Cl)cc2)C(=O)N(c2ccc(F)cc2F)C1=O. The number of para-hydroxylation sites is 2. The average molecular weight is 441 g/mol. The molecule has 0 saturated carbocycles. The predicted octanol–water partition coefficient (Wildman–Crippen LogP) is 5.02. The molecule has 0 aromatic heterocycles. The second-order valence-corrected chi connectivity index (χ2v) is 7.06. The highest BCUT2D eigenvalue weighted by Crippen LogP contribution is 2.36. The first-order valence-electron chi connectivity index (χ1n) is 9.15. The van der Waals surface area contributed by atoms with Gasteiger partial charge in [-0.25, -0.2) is 13.7 Å². The first-order valence-corrected chi connectivity index (χ1v) is 9.52. The van der Waals surface area contributed by atoms with Crippen molar-refractivity contribution in [2.24, 2.45) is 0 Å². The smallest absolute Gasteiger partial charge is 0.282 e. The summed E-state index contributed by atoms with van der Waals surface area (Å²) in [5.74, 6) is -2.95. The molecule has 0 atom stereocenters. The molecule has 0 radical (unpaired) electrons. The van der Waals surface area contributed by atoms with Gasteiger partial charge in [0.15, 0.2) is 0 Å². The molecule has 31 heavy (non-hydrogen) atoms. The summed E-state index contributed by atoms with van der Waals surface area (Å²) in [6, 6.07) is 15.8. The van der Waals surface area contributed by atoms with E-state index in [1.54, 1.807) is 48.5 Å². The number of hydrogen-bond acceptors (Lipinski definition) is 4. The quantitative estimate of drug-likeness (QED) is 0.566. The molecule has 1 aliphatic rings. The highest BCUT2D eigenvalue weighted by atomic mass is 35.5. The Hall–Kier alpha value is -3.71. The molecule has 1 heterocycles. The van der Waals surface area contributed by atoms with Gasteiger partial charge in [0.2, 0.25) is 0 Å². The molecule has 1 N–H and O–H groups in total. The van der Waals surface area contributed by atoms with Crippen LogP contribution < -0.4 is 15.0 Å². The van der Waals surface area contributed by atoms with E-state index in [9.17, 15) is 18.4 Å². The number of rotatable bonds is 5. The number of hydrogen-bond donors (Lipinski definition) is 1. The summed E-state index contributed by atoms with van der Waals surface area (Å²) in [4.78, 5) is 27.2. The number of amides is 2. The summed E-state index contributed by atoms with van der Waals surface area (Å²) in [5, 5.41) is 3.39. The molecule has 0 spiro atoms. The van der Waals surface area contributed by atoms with Crippen LogP contribution in [0.15, 0.2) is 72.4 Å². The van der Waals surface area contributed by atoms with E-state index < -0.39 is 23.4 Å². The third-order valence-corrected chi connectivity index (χ3v) is 4.99. The Balaban J connectivity index is 1.86. The third kappa shape index (κ3) is 3.75. The number of nitrogens with one attached hydrogen (secondary N) is 1. The molecule has 1 aliphatic heterocycles. The minimum absolute atomic E-state index is 0.0243. The summed E-state index contributed by atoms with van der Waals surface area (Å²) < 4.78 is 33.1. The van der Waals surface area contributed by atoms with E-state index in [1.165, 1.54) is 7.11 Å². The monoisotopic (exact) mass is 440 g/mol. The normalized spacial score (nSPS) is 13.7. The summed E-state index contributed by atoms with van der Waals surface area (Å²) in [6.45, 7) is 0. The molecule has 156 valence electrons. The molecule has 0 unspecified atom stereocenters. The lowest BCUT2D eigenvalue weighted by atomic mass is 10.0. The minimum atomic E-state index is -1.03. The van der Waals surface area contributed by atoms with Crippen molar-refractivity contribution in [2.75, 3.05) is 17.3 Å². The van der Waals surface area contributed by atoms with Gasteiger partial charge in [-0.2, -0.15) is 0 Å². The Morgan fingerprint density at radius 1 is 0.935 bits per heavy atom. The van der Waals surface area contributed by atoms with E-state index in [0.717, 1.165) is 12.1 Å². The number of anilines is 2. The second kappa shape index (κ2) is 8.20. The number of nitrogens with zero attached hydrogens (tertiary/aromatic N) is 1. The fraction of sp³-hybridized carbons (Fsp3) is 0.0435. The molecule has 8 heteroatoms. The van der Waals surface area contributed by atoms with Crippen molar-refractivity contribution in [3.8, 4) is 5.75 Å². The van der Waals surface area contributed by atoms with Gasteiger partial charge in [0, 0.05) is 11.1 Å². The van der Waals surface area contributed by atoms with Gasteiger partial charge in [0.25, 0.3) is 11.8 Å². The third-order valence-electron chi connectivity index (χ3n) is 4.73. The zero-order chi connectivity index (χ0) is 22.1. The Morgan fingerprint density at radius 2 is 1.65 bits per heavy atom. The number of benzene rings is 3. The molecule has 5 nitrogen and oxygen atoms in total. The van der Waals surface area contributed by atoms with Gasteiger partial charge in [-0.3, -0.25) is 9.59 Å². The fourth-order valence-electron chi connectivity index (χ4n) is 3.29. The fourth-order valence-corrected chi connectivity index (χ4v) is 3.42. The molecule has 0 fully saturated rings. The van der Waals surface area contributed by atoms with Crippen molar-refractivity contribution in [1.82, 2.24) is 0 Å². The molecule has 3 aromatic rings. The van der Waals surface area contributed by atoms with Crippen LogP contribution in [0.3, 0.4) is 0 Å². The van der Waals surface area contributed by atoms with Crippen LogP contribution in [-0.2, 0) is 9.59 Å². The van der Waals surface area contributed by atoms with Crippen LogP contribution in [0.2, 0.25) is 5.02 Å². The maximum atomic E-state index is 14.4. The Labute approximate surface area is 181 Å². The van der Waals surface area contributed by atoms with Crippen molar-refractivity contribution in [1.29, 1.82) is 0 Å². The number of imide groups is 1. The van der Waals surface area contributed by atoms with Crippen molar-refractivity contribution in [3.05, 3.63) is 94.6 Å². The molecule has 0 saturated heterocycles. The Bertz CT molecular complexity index is 1230. The van der Waals surface area contributed by atoms with E-state index in [2.05, 4.69) is 5.32 Å². The van der Waals surface area contributed by atoms with Crippen LogP contribution in [0.4, 0.5) is 20.2 Å². The van der Waals surface area contributed by atoms with Gasteiger partial charge in [-0.1, -0.05) is 35.9 Å². The first-order chi connectivity index (χ1) is 14.9. The van der Waals surface area contributed by atoms with Crippen LogP contribution >= 0.6 is 11.6 Å². The molecule has 3 aromatic carbocycles. The van der Waals surface area contributed by atoms with Gasteiger partial charge in [0.1, 0.15) is 23.1 Å². The molecule has 4 rings (SSSR count). The van der Waals surface area contributed by atoms with Gasteiger partial charge < -0.3 is 10.1 Å². The van der Waals surface area contributed by atoms with E-state index >= 15 is 0 Å². The predicted molar refractivity (Wildman–Crippen MR) is 114 cm³/mol. The number of ether oxygens (including phenoxy) is 1. The maximum absolute atomic E-state index is 14.4. The number of carbonyl (C=O) groups excluding carboxylic acids is 2. The number of halogens is 3. The van der Waals surface area contributed by atoms with Crippen molar-refractivity contribution in [2.45, 2.75) is 0 Å². The molecule has 0 aliphatic carbocycles. The van der Waals surface area contributed by atoms with Gasteiger partial charge in [-0.15, -0.1) is 0 Å². The summed E-state index contributed by atoms with van der Waals surface area (Å²) in [5.41, 5.74) is 0.454. The lowest BCUT2D eigenvalue weighted by Crippen LogP contribution is -2.33. The van der Waals surface area contributed by atoms with E-state index in [-0.39, 0.29) is 17.0 Å². The van der Waals surface area contributed by atoms with E-state index in [1.807, 2.05) is 0 Å². The molecular formula is C23H15ClF2N2O3. The second-order valence-electron chi connectivity index (χ2n) is 6.62. The zero-order valence-electron chi connectivity index (χ0n) is 16.2. The van der Waals surface area contributed by atoms with Crippen LogP contribution in [0.25, 0.3) is 5.57 Å². The molecule has 0 bridgehead atoms. The first kappa shape index (κ1) is 20.6. The van der Waals surface area contributed by atoms with Crippen LogP contribution in [0.5, 0.6) is 5.75 Å². The lowest BCUT2D eigenvalue weighted by Gasteiger charge is -2.16. The van der Waals surface area contributed by atoms with Crippen molar-refractivity contribution >= 4 is 40.4 Å².